The first-order valence-corrected chi connectivity index (χ1v) is 8.33. The summed E-state index contributed by atoms with van der Waals surface area (Å²) >= 11 is 0. The van der Waals surface area contributed by atoms with Gasteiger partial charge < -0.3 is 5.32 Å². The summed E-state index contributed by atoms with van der Waals surface area (Å²) in [5.74, 6) is -0.196. The Balaban J connectivity index is 1.90. The van der Waals surface area contributed by atoms with Crippen LogP contribution in [0.2, 0.25) is 0 Å². The number of anilines is 1. The van der Waals surface area contributed by atoms with Crippen LogP contribution in [0.5, 0.6) is 0 Å². The molecule has 26 heavy (non-hydrogen) atoms. The highest BCUT2D eigenvalue weighted by atomic mass is 16.3. The number of carbonyl (C=O) groups excluding carboxylic acids is 1. The van der Waals surface area contributed by atoms with E-state index in [4.69, 9.17) is 0 Å². The largest absolute Gasteiger partial charge is 0.321 e. The van der Waals surface area contributed by atoms with E-state index in [1.807, 2.05) is 55.5 Å². The molecule has 0 saturated heterocycles. The molecule has 0 spiro atoms. The minimum absolute atomic E-state index is 0.196. The summed E-state index contributed by atoms with van der Waals surface area (Å²) in [7, 11) is 1.79. The molecule has 0 aliphatic rings. The normalized spacial score (nSPS) is 11.8. The summed E-state index contributed by atoms with van der Waals surface area (Å²) in [6.45, 7) is 3.56. The van der Waals surface area contributed by atoms with Gasteiger partial charge in [-0.3, -0.25) is 9.48 Å². The molecule has 3 rings (SSSR count). The first-order chi connectivity index (χ1) is 12.5. The molecule has 3 aromatic rings. The number of rotatable bonds is 5. The van der Waals surface area contributed by atoms with Crippen molar-refractivity contribution in [3.05, 3.63) is 76.5 Å². The number of carbonyl (C=O) groups is 1. The molecule has 1 unspecified atom stereocenters. The van der Waals surface area contributed by atoms with E-state index in [-0.39, 0.29) is 11.9 Å². The van der Waals surface area contributed by atoms with E-state index >= 15 is 0 Å². The quantitative estimate of drug-likeness (QED) is 0.691. The van der Waals surface area contributed by atoms with Crippen molar-refractivity contribution in [2.45, 2.75) is 19.9 Å². The lowest BCUT2D eigenvalue weighted by Crippen LogP contribution is -2.13. The van der Waals surface area contributed by atoms with E-state index in [0.29, 0.717) is 11.3 Å². The molecule has 1 atom stereocenters. The smallest absolute Gasteiger partial charge is 0.259 e. The number of nitrogens with one attached hydrogen (secondary N) is 1. The molecule has 6 nitrogen and oxygen atoms in total. The van der Waals surface area contributed by atoms with Crippen LogP contribution in [0.4, 0.5) is 5.69 Å². The molecule has 132 valence electrons. The van der Waals surface area contributed by atoms with Gasteiger partial charge in [-0.15, -0.1) is 0 Å². The molecule has 1 N–H and O–H groups in total. The topological polar surface area (TPSA) is 76.3 Å². The maximum atomic E-state index is 12.6. The van der Waals surface area contributed by atoms with E-state index in [9.17, 15) is 9.70 Å². The van der Waals surface area contributed by atoms with Gasteiger partial charge in [0, 0.05) is 24.5 Å². The zero-order valence-corrected chi connectivity index (χ0v) is 14.9. The molecule has 0 bridgehead atoms. The van der Waals surface area contributed by atoms with Crippen LogP contribution in [-0.4, -0.2) is 15.7 Å². The van der Waals surface area contributed by atoms with Crippen LogP contribution in [0.15, 0.2) is 59.9 Å². The number of hydrogen-bond acceptors (Lipinski definition) is 4. The van der Waals surface area contributed by atoms with Crippen molar-refractivity contribution < 1.29 is 4.79 Å². The zero-order chi connectivity index (χ0) is 18.7. The van der Waals surface area contributed by atoms with Gasteiger partial charge in [0.15, 0.2) is 0 Å². The number of benzene rings is 2. The average Bonchev–Trinajstić information content (AvgIpc) is 3.00. The number of nitroso groups, excluding NO2 is 1. The third-order valence-electron chi connectivity index (χ3n) is 4.30. The van der Waals surface area contributed by atoms with Crippen LogP contribution in [0.3, 0.4) is 0 Å². The van der Waals surface area contributed by atoms with E-state index in [1.165, 1.54) is 0 Å². The number of para-hydroxylation sites is 1. The molecule has 0 saturated carbocycles. The summed E-state index contributed by atoms with van der Waals surface area (Å²) in [4.78, 5) is 23.3. The molecule has 2 aromatic carbocycles. The van der Waals surface area contributed by atoms with Gasteiger partial charge in [-0.05, 0) is 31.0 Å². The minimum Gasteiger partial charge on any atom is -0.321 e. The molecule has 1 amide bonds. The Labute approximate surface area is 151 Å². The first-order valence-electron chi connectivity index (χ1n) is 8.33. The second-order valence-corrected chi connectivity index (χ2v) is 6.20. The van der Waals surface area contributed by atoms with Crippen LogP contribution in [0.1, 0.15) is 34.6 Å². The highest BCUT2D eigenvalue weighted by Gasteiger charge is 2.15. The Hall–Kier alpha value is -3.28. The van der Waals surface area contributed by atoms with Crippen LogP contribution in [0.25, 0.3) is 11.1 Å². The Morgan fingerprint density at radius 1 is 1.15 bits per heavy atom. The third-order valence-corrected chi connectivity index (χ3v) is 4.30. The molecule has 1 heterocycles. The van der Waals surface area contributed by atoms with Crippen molar-refractivity contribution in [2.24, 2.45) is 12.2 Å². The van der Waals surface area contributed by atoms with E-state index in [2.05, 4.69) is 15.6 Å². The summed E-state index contributed by atoms with van der Waals surface area (Å²) in [5, 5.41) is 10.2. The monoisotopic (exact) mass is 348 g/mol. The highest BCUT2D eigenvalue weighted by Crippen LogP contribution is 2.29. The molecular weight excluding hydrogens is 328 g/mol. The number of aromatic nitrogens is 2. The van der Waals surface area contributed by atoms with Crippen molar-refractivity contribution in [3.8, 4) is 11.1 Å². The van der Waals surface area contributed by atoms with Gasteiger partial charge in [0.1, 0.15) is 6.04 Å². The lowest BCUT2D eigenvalue weighted by Gasteiger charge is -2.12. The number of aryl methyl sites for hydroxylation is 2. The van der Waals surface area contributed by atoms with Gasteiger partial charge in [0.2, 0.25) is 0 Å². The number of nitrogens with zero attached hydrogens (tertiary/aromatic N) is 3. The average molecular weight is 348 g/mol. The Morgan fingerprint density at radius 2 is 1.85 bits per heavy atom. The summed E-state index contributed by atoms with van der Waals surface area (Å²) < 4.78 is 1.62. The predicted molar refractivity (Wildman–Crippen MR) is 102 cm³/mol. The molecule has 0 aliphatic heterocycles. The fourth-order valence-corrected chi connectivity index (χ4v) is 2.86. The van der Waals surface area contributed by atoms with E-state index in [1.54, 1.807) is 24.9 Å². The van der Waals surface area contributed by atoms with Crippen LogP contribution in [0, 0.1) is 11.8 Å². The van der Waals surface area contributed by atoms with Gasteiger partial charge in [0.25, 0.3) is 5.91 Å². The summed E-state index contributed by atoms with van der Waals surface area (Å²) in [6.07, 6.45) is 1.70. The van der Waals surface area contributed by atoms with E-state index < -0.39 is 0 Å². The number of hydrogen-bond donors (Lipinski definition) is 1. The Bertz CT molecular complexity index is 945. The maximum absolute atomic E-state index is 12.6. The minimum atomic E-state index is -0.382. The van der Waals surface area contributed by atoms with Crippen molar-refractivity contribution in [2.75, 3.05) is 5.32 Å². The van der Waals surface area contributed by atoms with Gasteiger partial charge in [-0.2, -0.15) is 10.0 Å². The zero-order valence-electron chi connectivity index (χ0n) is 14.9. The van der Waals surface area contributed by atoms with Crippen LogP contribution < -0.4 is 5.32 Å². The molecule has 6 heteroatoms. The first kappa shape index (κ1) is 17.5. The van der Waals surface area contributed by atoms with Crippen LogP contribution in [-0.2, 0) is 7.05 Å². The lowest BCUT2D eigenvalue weighted by atomic mass is 10.00. The number of amides is 1. The summed E-state index contributed by atoms with van der Waals surface area (Å²) in [6, 6.07) is 14.8. The van der Waals surface area contributed by atoms with Crippen molar-refractivity contribution in [1.82, 2.24) is 9.78 Å². The van der Waals surface area contributed by atoms with Gasteiger partial charge >= 0.3 is 0 Å². The lowest BCUT2D eigenvalue weighted by molar-refractivity contribution is 0.102. The van der Waals surface area contributed by atoms with Gasteiger partial charge in [-0.25, -0.2) is 0 Å². The fourth-order valence-electron chi connectivity index (χ4n) is 2.86. The highest BCUT2D eigenvalue weighted by molar-refractivity contribution is 6.06. The molecule has 0 fully saturated rings. The second-order valence-electron chi connectivity index (χ2n) is 6.20. The third kappa shape index (κ3) is 3.54. The second kappa shape index (κ2) is 7.31. The molecule has 0 radical (unpaired) electrons. The predicted octanol–water partition coefficient (Wildman–Crippen LogP) is 4.48. The van der Waals surface area contributed by atoms with Gasteiger partial charge in [0.05, 0.1) is 11.3 Å². The molecule has 1 aromatic heterocycles. The van der Waals surface area contributed by atoms with Crippen molar-refractivity contribution in [3.63, 3.8) is 0 Å². The molecular formula is C20H20N4O2. The summed E-state index contributed by atoms with van der Waals surface area (Å²) in [5.41, 5.74) is 4.66. The van der Waals surface area contributed by atoms with Crippen LogP contribution >= 0.6 is 0 Å². The van der Waals surface area contributed by atoms with Gasteiger partial charge in [-0.1, -0.05) is 47.6 Å². The maximum Gasteiger partial charge on any atom is 0.259 e. The molecule has 0 aliphatic carbocycles. The fraction of sp³-hybridized carbons (Fsp3) is 0.200. The van der Waals surface area contributed by atoms with E-state index in [0.717, 1.165) is 22.4 Å². The SMILES string of the molecule is Cc1nn(C)cc1C(=O)Nc1ccccc1-c1ccc(C(C)N=O)cc1. The standard InChI is InChI=1S/C20H20N4O2/c1-13(23-26)15-8-10-16(11-9-15)17-6-4-5-7-19(17)21-20(25)18-12-24(3)22-14(18)2/h4-13H,1-3H3,(H,21,25). The Morgan fingerprint density at radius 3 is 2.46 bits per heavy atom. The Kier molecular flexibility index (Phi) is 4.93. The van der Waals surface area contributed by atoms with Crippen molar-refractivity contribution >= 4 is 11.6 Å². The van der Waals surface area contributed by atoms with Crippen molar-refractivity contribution in [1.29, 1.82) is 0 Å².